The number of rotatable bonds is 2. The first-order chi connectivity index (χ1) is 11.1. The van der Waals surface area contributed by atoms with Crippen molar-refractivity contribution < 1.29 is 37.7 Å². The average Bonchev–Trinajstić information content (AvgIpc) is 2.30. The summed E-state index contributed by atoms with van der Waals surface area (Å²) < 4.78 is 55.3. The van der Waals surface area contributed by atoms with Crippen LogP contribution in [-0.4, -0.2) is 66.6 Å². The molecule has 25 heavy (non-hydrogen) atoms. The second-order valence-corrected chi connectivity index (χ2v) is 26.4. The molecule has 0 amide bonds. The molecule has 2 fully saturated rings. The first-order valence-electron chi connectivity index (χ1n) is 8.08. The van der Waals surface area contributed by atoms with Crippen molar-refractivity contribution in [3.63, 3.8) is 0 Å². The summed E-state index contributed by atoms with van der Waals surface area (Å²) in [4.78, 5) is 0. The molecule has 15 heteroatoms. The lowest BCUT2D eigenvalue weighted by molar-refractivity contribution is 0.0542. The van der Waals surface area contributed by atoms with E-state index in [-0.39, 0.29) is 0 Å². The van der Waals surface area contributed by atoms with Gasteiger partial charge in [-0.05, 0) is 26.2 Å². The van der Waals surface area contributed by atoms with Crippen LogP contribution in [0.25, 0.3) is 0 Å². The second-order valence-electron chi connectivity index (χ2n) is 7.37. The lowest BCUT2D eigenvalue weighted by atomic mass is 11.8. The fraction of sp³-hybridized carbons (Fsp3) is 1.00. The maximum atomic E-state index is 6.38. The summed E-state index contributed by atoms with van der Waals surface area (Å²) in [7, 11) is -14.6. The predicted molar refractivity (Wildman–Crippen MR) is 103 cm³/mol. The summed E-state index contributed by atoms with van der Waals surface area (Å²) in [6.07, 6.45) is 0. The predicted octanol–water partition coefficient (Wildman–Crippen LogP) is 2.10. The third-order valence-electron chi connectivity index (χ3n) is 3.58. The smallest absolute Gasteiger partial charge is 0.416 e. The minimum absolute atomic E-state index is 1.54. The monoisotopic (exact) mass is 462 g/mol. The van der Waals surface area contributed by atoms with E-state index >= 15 is 0 Å². The zero-order valence-corrected chi connectivity index (χ0v) is 22.7. The van der Waals surface area contributed by atoms with E-state index in [2.05, 4.69) is 0 Å². The Labute approximate surface area is 156 Å². The molecule has 0 radical (unpaired) electrons. The van der Waals surface area contributed by atoms with Gasteiger partial charge in [0.2, 0.25) is 0 Å². The van der Waals surface area contributed by atoms with Crippen LogP contribution >= 0.6 is 0 Å². The van der Waals surface area contributed by atoms with Crippen LogP contribution in [0, 0.1) is 0 Å². The van der Waals surface area contributed by atoms with E-state index in [1.54, 1.807) is 27.3 Å². The number of hydrogen-bond donors (Lipinski definition) is 0. The first kappa shape index (κ1) is 22.2. The summed E-state index contributed by atoms with van der Waals surface area (Å²) in [5.74, 6) is 0. The molecule has 2 aliphatic heterocycles. The first-order valence-corrected chi connectivity index (χ1v) is 22.6. The Morgan fingerprint density at radius 3 is 1.12 bits per heavy atom. The van der Waals surface area contributed by atoms with E-state index < -0.39 is 52.3 Å². The SMILES string of the molecule is CO[Si]1(C)O[Si](C)(OC)O[Si]2(C)O[Si](C)(C)O[Si](C)(C)O[Si](C)(O1)O2. The third-order valence-corrected chi connectivity index (χ3v) is 27.8. The van der Waals surface area contributed by atoms with Crippen molar-refractivity contribution in [2.24, 2.45) is 0 Å². The van der Waals surface area contributed by atoms with Crippen LogP contribution in [0.5, 0.6) is 0 Å². The molecule has 2 rings (SSSR count). The highest BCUT2D eigenvalue weighted by Gasteiger charge is 2.65. The third kappa shape index (κ3) is 5.48. The summed E-state index contributed by atoms with van der Waals surface area (Å²) in [5.41, 5.74) is 0. The topological polar surface area (TPSA) is 83.1 Å². The second kappa shape index (κ2) is 6.77. The Balaban J connectivity index is 2.51. The van der Waals surface area contributed by atoms with Gasteiger partial charge in [0.15, 0.2) is 0 Å². The molecule has 0 aromatic carbocycles. The minimum Gasteiger partial charge on any atom is -0.416 e. The van der Waals surface area contributed by atoms with Crippen molar-refractivity contribution in [1.82, 2.24) is 0 Å². The molecule has 0 N–H and O–H groups in total. The summed E-state index contributed by atoms with van der Waals surface area (Å²) >= 11 is 0. The van der Waals surface area contributed by atoms with E-state index in [0.29, 0.717) is 0 Å². The molecule has 2 saturated heterocycles. The van der Waals surface area contributed by atoms with Crippen LogP contribution in [0.2, 0.25) is 52.4 Å². The van der Waals surface area contributed by atoms with Gasteiger partial charge in [0.05, 0.1) is 0 Å². The zero-order valence-electron chi connectivity index (χ0n) is 16.7. The van der Waals surface area contributed by atoms with Crippen molar-refractivity contribution in [1.29, 1.82) is 0 Å². The Morgan fingerprint density at radius 2 is 0.800 bits per heavy atom. The van der Waals surface area contributed by atoms with Crippen molar-refractivity contribution in [3.8, 4) is 0 Å². The lowest BCUT2D eigenvalue weighted by Crippen LogP contribution is -2.75. The molecule has 2 heterocycles. The average molecular weight is 463 g/mol. The van der Waals surface area contributed by atoms with Gasteiger partial charge in [0, 0.05) is 40.4 Å². The van der Waals surface area contributed by atoms with Gasteiger partial charge in [-0.1, -0.05) is 0 Å². The molecule has 4 atom stereocenters. The van der Waals surface area contributed by atoms with Gasteiger partial charge in [-0.25, -0.2) is 0 Å². The van der Waals surface area contributed by atoms with Crippen LogP contribution < -0.4 is 0 Å². The van der Waals surface area contributed by atoms with E-state index in [1.165, 1.54) is 0 Å². The Bertz CT molecular complexity index is 483. The van der Waals surface area contributed by atoms with E-state index in [4.69, 9.17) is 37.7 Å². The molecular weight excluding hydrogens is 433 g/mol. The van der Waals surface area contributed by atoms with Crippen LogP contribution in [0.15, 0.2) is 0 Å². The normalized spacial score (nSPS) is 47.3. The van der Waals surface area contributed by atoms with Gasteiger partial charge < -0.3 is 37.7 Å². The number of fused-ring (bicyclic) bond motifs is 2. The molecule has 0 aromatic heterocycles. The largest absolute Gasteiger partial charge is 0.482 e. The van der Waals surface area contributed by atoms with Crippen molar-refractivity contribution in [3.05, 3.63) is 0 Å². The van der Waals surface area contributed by atoms with E-state index in [1.807, 2.05) is 39.3 Å². The molecule has 0 aliphatic carbocycles. The van der Waals surface area contributed by atoms with Crippen LogP contribution in [0.1, 0.15) is 0 Å². The minimum atomic E-state index is -3.20. The van der Waals surface area contributed by atoms with Gasteiger partial charge >= 0.3 is 52.3 Å². The van der Waals surface area contributed by atoms with Crippen LogP contribution in [-0.2, 0) is 37.7 Å². The highest BCUT2D eigenvalue weighted by molar-refractivity contribution is 6.95. The van der Waals surface area contributed by atoms with Crippen LogP contribution in [0.4, 0.5) is 0 Å². The highest BCUT2D eigenvalue weighted by Crippen LogP contribution is 2.37. The van der Waals surface area contributed by atoms with Gasteiger partial charge in [0.25, 0.3) is 0 Å². The molecule has 0 spiro atoms. The molecule has 4 unspecified atom stereocenters. The Morgan fingerprint density at radius 1 is 0.440 bits per heavy atom. The molecule has 2 bridgehead atoms. The maximum absolute atomic E-state index is 6.38. The summed E-state index contributed by atoms with van der Waals surface area (Å²) in [6, 6.07) is 0. The van der Waals surface area contributed by atoms with Crippen molar-refractivity contribution >= 4 is 52.3 Å². The van der Waals surface area contributed by atoms with Gasteiger partial charge in [-0.3, -0.25) is 0 Å². The molecule has 0 aromatic rings. The van der Waals surface area contributed by atoms with Gasteiger partial charge in [0.1, 0.15) is 0 Å². The van der Waals surface area contributed by atoms with Gasteiger partial charge in [-0.2, -0.15) is 0 Å². The zero-order chi connectivity index (χ0) is 19.4. The van der Waals surface area contributed by atoms with Crippen LogP contribution in [0.3, 0.4) is 0 Å². The molecule has 148 valence electrons. The molecular formula is C10H30O9Si6. The Kier molecular flexibility index (Phi) is 6.02. The summed E-state index contributed by atoms with van der Waals surface area (Å²) in [5, 5.41) is 0. The fourth-order valence-electron chi connectivity index (χ4n) is 3.21. The van der Waals surface area contributed by atoms with E-state index in [0.717, 1.165) is 0 Å². The quantitative estimate of drug-likeness (QED) is 0.573. The van der Waals surface area contributed by atoms with E-state index in [9.17, 15) is 0 Å². The standard InChI is InChI=1S/C10H30O9Si6/c1-11-22(7)16-23(8,12-2)18-25(10)15-21(5,6)13-20(3,4)14-24(9,17-22)19-25/h1-10H3. The van der Waals surface area contributed by atoms with Gasteiger partial charge in [-0.15, -0.1) is 0 Å². The molecule has 2 aliphatic rings. The molecule has 0 saturated carbocycles. The number of hydrogen-bond acceptors (Lipinski definition) is 9. The maximum Gasteiger partial charge on any atom is 0.482 e. The van der Waals surface area contributed by atoms with Crippen molar-refractivity contribution in [2.75, 3.05) is 14.2 Å². The van der Waals surface area contributed by atoms with Crippen molar-refractivity contribution in [2.45, 2.75) is 52.4 Å². The fourth-order valence-corrected chi connectivity index (χ4v) is 32.6. The molecule has 9 nitrogen and oxygen atoms in total. The Hall–Kier alpha value is 0.941. The summed E-state index contributed by atoms with van der Waals surface area (Å²) in [6.45, 7) is 15.0. The lowest BCUT2D eigenvalue weighted by Gasteiger charge is -2.51. The highest BCUT2D eigenvalue weighted by atomic mass is 28.6.